The lowest BCUT2D eigenvalue weighted by atomic mass is 10.1. The van der Waals surface area contributed by atoms with Crippen LogP contribution in [0.1, 0.15) is 38.2 Å². The van der Waals surface area contributed by atoms with Crippen molar-refractivity contribution in [1.82, 2.24) is 9.88 Å². The molecule has 0 aliphatic rings. The van der Waals surface area contributed by atoms with Crippen LogP contribution in [0.3, 0.4) is 0 Å². The van der Waals surface area contributed by atoms with Crippen LogP contribution in [-0.4, -0.2) is 41.5 Å². The lowest BCUT2D eigenvalue weighted by Gasteiger charge is -2.26. The number of rotatable bonds is 7. The molecule has 1 amide bonds. The fourth-order valence-corrected chi connectivity index (χ4v) is 2.11. The van der Waals surface area contributed by atoms with Gasteiger partial charge in [0.2, 0.25) is 0 Å². The molecule has 0 spiro atoms. The van der Waals surface area contributed by atoms with Crippen molar-refractivity contribution in [1.29, 1.82) is 0 Å². The summed E-state index contributed by atoms with van der Waals surface area (Å²) in [5.74, 6) is -0.0241. The van der Waals surface area contributed by atoms with Crippen LogP contribution in [0.2, 0.25) is 5.02 Å². The Hall–Kier alpha value is -1.49. The number of nitrogens with zero attached hydrogens (tertiary/aromatic N) is 1. The lowest BCUT2D eigenvalue weighted by molar-refractivity contribution is -0.135. The number of esters is 1. The molecule has 1 N–H and O–H groups in total. The van der Waals surface area contributed by atoms with E-state index >= 15 is 0 Å². The first-order chi connectivity index (χ1) is 9.79. The number of amides is 1. The summed E-state index contributed by atoms with van der Waals surface area (Å²) in [7, 11) is 0. The molecule has 0 bridgehead atoms. The first-order valence-electron chi connectivity index (χ1n) is 7.08. The predicted molar refractivity (Wildman–Crippen MR) is 82.3 cm³/mol. The van der Waals surface area contributed by atoms with E-state index in [2.05, 4.69) is 4.98 Å². The molecular weight excluding hydrogens is 292 g/mol. The topological polar surface area (TPSA) is 62.4 Å². The fourth-order valence-electron chi connectivity index (χ4n) is 1.94. The molecule has 0 saturated carbocycles. The zero-order valence-electron chi connectivity index (χ0n) is 13.0. The molecule has 6 heteroatoms. The van der Waals surface area contributed by atoms with Gasteiger partial charge in [0.25, 0.3) is 5.91 Å². The molecule has 0 radical (unpaired) electrons. The van der Waals surface area contributed by atoms with Crippen LogP contribution < -0.4 is 0 Å². The molecule has 118 valence electrons. The van der Waals surface area contributed by atoms with E-state index in [1.165, 1.54) is 12.3 Å². The van der Waals surface area contributed by atoms with Crippen LogP contribution in [0.4, 0.5) is 0 Å². The third kappa shape index (κ3) is 6.21. The molecule has 0 atom stereocenters. The van der Waals surface area contributed by atoms with Crippen LogP contribution in [0.15, 0.2) is 12.3 Å². The maximum atomic E-state index is 12.2. The Morgan fingerprint density at radius 3 is 2.24 bits per heavy atom. The largest absolute Gasteiger partial charge is 0.451 e. The minimum atomic E-state index is -0.579. The molecule has 1 rings (SSSR count). The van der Waals surface area contributed by atoms with Gasteiger partial charge in [-0.15, -0.1) is 0 Å². The summed E-state index contributed by atoms with van der Waals surface area (Å²) in [6.07, 6.45) is 1.49. The molecule has 0 fully saturated rings. The Morgan fingerprint density at radius 1 is 1.24 bits per heavy atom. The number of aromatic amines is 1. The number of hydrogen-bond donors (Lipinski definition) is 1. The number of ether oxygens (including phenoxy) is 1. The van der Waals surface area contributed by atoms with Crippen molar-refractivity contribution in [3.05, 3.63) is 23.0 Å². The second kappa shape index (κ2) is 8.08. The summed E-state index contributed by atoms with van der Waals surface area (Å²) in [4.78, 5) is 28.3. The summed E-state index contributed by atoms with van der Waals surface area (Å²) in [6, 6.07) is 1.47. The van der Waals surface area contributed by atoms with Gasteiger partial charge >= 0.3 is 5.97 Å². The molecule has 0 aliphatic heterocycles. The fraction of sp³-hybridized carbons (Fsp3) is 0.600. The molecular formula is C15H23ClN2O3. The highest BCUT2D eigenvalue weighted by atomic mass is 35.5. The van der Waals surface area contributed by atoms with Gasteiger partial charge in [-0.25, -0.2) is 4.79 Å². The van der Waals surface area contributed by atoms with Gasteiger partial charge in [-0.05, 0) is 17.9 Å². The number of H-pyrrole nitrogens is 1. The number of halogens is 1. The van der Waals surface area contributed by atoms with Crippen molar-refractivity contribution in [2.45, 2.75) is 27.7 Å². The van der Waals surface area contributed by atoms with E-state index in [9.17, 15) is 9.59 Å². The Kier molecular flexibility index (Phi) is 6.75. The molecule has 1 heterocycles. The van der Waals surface area contributed by atoms with Gasteiger partial charge in [0, 0.05) is 19.3 Å². The van der Waals surface area contributed by atoms with E-state index in [1.54, 1.807) is 4.90 Å². The molecule has 0 aliphatic carbocycles. The van der Waals surface area contributed by atoms with Gasteiger partial charge in [-0.2, -0.15) is 0 Å². The van der Waals surface area contributed by atoms with Crippen molar-refractivity contribution >= 4 is 23.5 Å². The number of carbonyl (C=O) groups excluding carboxylic acids is 2. The Labute approximate surface area is 130 Å². The van der Waals surface area contributed by atoms with E-state index in [1.807, 2.05) is 27.7 Å². The average molecular weight is 315 g/mol. The zero-order chi connectivity index (χ0) is 16.0. The highest BCUT2D eigenvalue weighted by molar-refractivity contribution is 6.30. The Bertz CT molecular complexity index is 473. The molecule has 0 aromatic carbocycles. The van der Waals surface area contributed by atoms with Crippen molar-refractivity contribution in [2.24, 2.45) is 11.8 Å². The Morgan fingerprint density at radius 2 is 1.81 bits per heavy atom. The molecule has 0 unspecified atom stereocenters. The van der Waals surface area contributed by atoms with Crippen LogP contribution >= 0.6 is 11.6 Å². The van der Waals surface area contributed by atoms with Crippen LogP contribution in [0.5, 0.6) is 0 Å². The predicted octanol–water partition coefficient (Wildman–Crippen LogP) is 2.97. The van der Waals surface area contributed by atoms with Crippen molar-refractivity contribution < 1.29 is 14.3 Å². The zero-order valence-corrected chi connectivity index (χ0v) is 13.7. The molecule has 5 nitrogen and oxygen atoms in total. The van der Waals surface area contributed by atoms with Gasteiger partial charge in [-0.3, -0.25) is 4.79 Å². The van der Waals surface area contributed by atoms with E-state index in [0.29, 0.717) is 29.9 Å². The first kappa shape index (κ1) is 17.6. The number of carbonyl (C=O) groups is 2. The maximum Gasteiger partial charge on any atom is 0.355 e. The number of aromatic nitrogens is 1. The molecule has 0 saturated heterocycles. The van der Waals surface area contributed by atoms with Crippen LogP contribution in [0.25, 0.3) is 0 Å². The van der Waals surface area contributed by atoms with Gasteiger partial charge in [0.1, 0.15) is 5.69 Å². The lowest BCUT2D eigenvalue weighted by Crippen LogP contribution is -2.39. The SMILES string of the molecule is CC(C)CN(CC(C)C)C(=O)COC(=O)c1cc(Cl)c[nH]1. The maximum absolute atomic E-state index is 12.2. The standard InChI is InChI=1S/C15H23ClN2O3/c1-10(2)7-18(8-11(3)4)14(19)9-21-15(20)13-5-12(16)6-17-13/h5-6,10-11,17H,7-9H2,1-4H3. The minimum absolute atomic E-state index is 0.177. The number of hydrogen-bond acceptors (Lipinski definition) is 3. The van der Waals surface area contributed by atoms with Crippen LogP contribution in [0, 0.1) is 11.8 Å². The van der Waals surface area contributed by atoms with Gasteiger partial charge in [0.15, 0.2) is 6.61 Å². The minimum Gasteiger partial charge on any atom is -0.451 e. The molecule has 1 aromatic rings. The summed E-state index contributed by atoms with van der Waals surface area (Å²) in [6.45, 7) is 9.25. The van der Waals surface area contributed by atoms with Gasteiger partial charge in [0.05, 0.1) is 5.02 Å². The normalized spacial score (nSPS) is 11.0. The third-order valence-electron chi connectivity index (χ3n) is 2.72. The van der Waals surface area contributed by atoms with Gasteiger partial charge in [-0.1, -0.05) is 39.3 Å². The average Bonchev–Trinajstić information content (AvgIpc) is 2.80. The summed E-state index contributed by atoms with van der Waals surface area (Å²) >= 11 is 5.72. The summed E-state index contributed by atoms with van der Waals surface area (Å²) in [5.41, 5.74) is 0.243. The van der Waals surface area contributed by atoms with Crippen molar-refractivity contribution in [3.8, 4) is 0 Å². The van der Waals surface area contributed by atoms with E-state index in [-0.39, 0.29) is 18.2 Å². The second-order valence-electron chi connectivity index (χ2n) is 5.89. The van der Waals surface area contributed by atoms with E-state index in [4.69, 9.17) is 16.3 Å². The monoisotopic (exact) mass is 314 g/mol. The van der Waals surface area contributed by atoms with E-state index < -0.39 is 5.97 Å². The molecule has 21 heavy (non-hydrogen) atoms. The van der Waals surface area contributed by atoms with Crippen LogP contribution in [-0.2, 0) is 9.53 Å². The van der Waals surface area contributed by atoms with Crippen molar-refractivity contribution in [2.75, 3.05) is 19.7 Å². The summed E-state index contributed by atoms with van der Waals surface area (Å²) in [5, 5.41) is 0.425. The second-order valence-corrected chi connectivity index (χ2v) is 6.33. The quantitative estimate of drug-likeness (QED) is 0.787. The highest BCUT2D eigenvalue weighted by Crippen LogP contribution is 2.11. The molecule has 1 aromatic heterocycles. The third-order valence-corrected chi connectivity index (χ3v) is 2.94. The smallest absolute Gasteiger partial charge is 0.355 e. The Balaban J connectivity index is 2.54. The number of nitrogens with one attached hydrogen (secondary N) is 1. The first-order valence-corrected chi connectivity index (χ1v) is 7.46. The van der Waals surface area contributed by atoms with Crippen molar-refractivity contribution in [3.63, 3.8) is 0 Å². The summed E-state index contributed by atoms with van der Waals surface area (Å²) < 4.78 is 5.03. The van der Waals surface area contributed by atoms with E-state index in [0.717, 1.165) is 0 Å². The van der Waals surface area contributed by atoms with Gasteiger partial charge < -0.3 is 14.6 Å². The highest BCUT2D eigenvalue weighted by Gasteiger charge is 2.19.